The lowest BCUT2D eigenvalue weighted by molar-refractivity contribution is -0.384. The van der Waals surface area contributed by atoms with E-state index >= 15 is 0 Å². The van der Waals surface area contributed by atoms with Gasteiger partial charge in [-0.3, -0.25) is 19.7 Å². The van der Waals surface area contributed by atoms with Crippen molar-refractivity contribution < 1.29 is 10.0 Å². The van der Waals surface area contributed by atoms with Crippen LogP contribution in [0.25, 0.3) is 11.3 Å². The van der Waals surface area contributed by atoms with Gasteiger partial charge in [0, 0.05) is 49.1 Å². The smallest absolute Gasteiger partial charge is 0.269 e. The molecule has 2 atom stereocenters. The van der Waals surface area contributed by atoms with Crippen molar-refractivity contribution in [3.05, 3.63) is 46.1 Å². The number of aryl methyl sites for hydroxylation is 1. The van der Waals surface area contributed by atoms with Crippen LogP contribution in [0.5, 0.6) is 0 Å². The van der Waals surface area contributed by atoms with E-state index in [9.17, 15) is 15.2 Å². The second kappa shape index (κ2) is 7.33. The number of non-ortho nitro benzene ring substituents is 1. The zero-order valence-corrected chi connectivity index (χ0v) is 14.6. The lowest BCUT2D eigenvalue weighted by Crippen LogP contribution is -2.31. The SMILES string of the molecule is C[C@@H](O)C[C@H]1CCCN1Cc1cn(C)nc1-c1ccc([N+](=O)[O-])cc1. The minimum absolute atomic E-state index is 0.0813. The van der Waals surface area contributed by atoms with Crippen molar-refractivity contribution in [3.63, 3.8) is 0 Å². The standard InChI is InChI=1S/C18H24N4O3/c1-13(23)10-17-4-3-9-21(17)12-15-11-20(2)19-18(15)14-5-7-16(8-6-14)22(24)25/h5-8,11,13,17,23H,3-4,9-10,12H2,1-2H3/t13-,17-/m1/s1. The molecule has 0 aliphatic carbocycles. The lowest BCUT2D eigenvalue weighted by Gasteiger charge is -2.25. The molecule has 25 heavy (non-hydrogen) atoms. The van der Waals surface area contributed by atoms with Crippen molar-refractivity contribution in [2.24, 2.45) is 7.05 Å². The van der Waals surface area contributed by atoms with E-state index in [2.05, 4.69) is 10.00 Å². The first-order chi connectivity index (χ1) is 11.9. The van der Waals surface area contributed by atoms with Crippen molar-refractivity contribution >= 4 is 5.69 Å². The van der Waals surface area contributed by atoms with Gasteiger partial charge in [0.1, 0.15) is 0 Å². The Hall–Kier alpha value is -2.25. The average molecular weight is 344 g/mol. The van der Waals surface area contributed by atoms with E-state index in [-0.39, 0.29) is 11.8 Å². The van der Waals surface area contributed by atoms with Crippen LogP contribution in [-0.2, 0) is 13.6 Å². The zero-order valence-electron chi connectivity index (χ0n) is 14.6. The van der Waals surface area contributed by atoms with Crippen LogP contribution in [0, 0.1) is 10.1 Å². The van der Waals surface area contributed by atoms with E-state index in [1.165, 1.54) is 12.1 Å². The quantitative estimate of drug-likeness (QED) is 0.643. The Morgan fingerprint density at radius 2 is 2.12 bits per heavy atom. The molecule has 1 saturated heterocycles. The predicted molar refractivity (Wildman–Crippen MR) is 95.0 cm³/mol. The molecule has 0 spiro atoms. The van der Waals surface area contributed by atoms with E-state index in [1.54, 1.807) is 16.8 Å². The summed E-state index contributed by atoms with van der Waals surface area (Å²) in [5.74, 6) is 0. The molecule has 0 saturated carbocycles. The summed E-state index contributed by atoms with van der Waals surface area (Å²) in [6, 6.07) is 6.92. The van der Waals surface area contributed by atoms with Crippen LogP contribution in [0.2, 0.25) is 0 Å². The van der Waals surface area contributed by atoms with Crippen molar-refractivity contribution in [2.45, 2.75) is 44.9 Å². The minimum Gasteiger partial charge on any atom is -0.393 e. The number of aromatic nitrogens is 2. The fourth-order valence-electron chi connectivity index (χ4n) is 3.62. The maximum atomic E-state index is 10.8. The average Bonchev–Trinajstić information content (AvgIpc) is 3.14. The number of benzene rings is 1. The van der Waals surface area contributed by atoms with Crippen LogP contribution in [0.3, 0.4) is 0 Å². The fourth-order valence-corrected chi connectivity index (χ4v) is 3.62. The highest BCUT2D eigenvalue weighted by atomic mass is 16.6. The Kier molecular flexibility index (Phi) is 5.15. The third-order valence-corrected chi connectivity index (χ3v) is 4.74. The number of aliphatic hydroxyl groups excluding tert-OH is 1. The molecule has 1 aliphatic heterocycles. The highest BCUT2D eigenvalue weighted by Crippen LogP contribution is 2.29. The van der Waals surface area contributed by atoms with Crippen molar-refractivity contribution in [1.29, 1.82) is 0 Å². The number of aliphatic hydroxyl groups is 1. The first-order valence-corrected chi connectivity index (χ1v) is 8.63. The number of nitro benzene ring substituents is 1. The second-order valence-corrected chi connectivity index (χ2v) is 6.83. The Balaban J connectivity index is 1.82. The van der Waals surface area contributed by atoms with Crippen LogP contribution in [0.1, 0.15) is 31.7 Å². The molecule has 1 aromatic heterocycles. The van der Waals surface area contributed by atoms with E-state index in [0.29, 0.717) is 6.04 Å². The number of hydrogen-bond donors (Lipinski definition) is 1. The Labute approximate surface area is 147 Å². The molecule has 1 aliphatic rings. The molecule has 0 unspecified atom stereocenters. The van der Waals surface area contributed by atoms with E-state index in [1.807, 2.05) is 20.2 Å². The predicted octanol–water partition coefficient (Wildman–Crippen LogP) is 2.73. The monoisotopic (exact) mass is 344 g/mol. The molecule has 3 rings (SSSR count). The number of nitrogens with zero attached hydrogens (tertiary/aromatic N) is 4. The van der Waals surface area contributed by atoms with Crippen LogP contribution in [0.4, 0.5) is 5.69 Å². The Bertz CT molecular complexity index is 739. The summed E-state index contributed by atoms with van der Waals surface area (Å²) >= 11 is 0. The number of rotatable bonds is 6. The number of hydrogen-bond acceptors (Lipinski definition) is 5. The molecule has 1 N–H and O–H groups in total. The van der Waals surface area contributed by atoms with Crippen LogP contribution < -0.4 is 0 Å². The normalized spacial score (nSPS) is 19.2. The van der Waals surface area contributed by atoms with Gasteiger partial charge in [-0.25, -0.2) is 0 Å². The largest absolute Gasteiger partial charge is 0.393 e. The molecule has 1 fully saturated rings. The van der Waals surface area contributed by atoms with E-state index in [0.717, 1.165) is 49.2 Å². The van der Waals surface area contributed by atoms with Gasteiger partial charge in [0.05, 0.1) is 16.7 Å². The highest BCUT2D eigenvalue weighted by molar-refractivity contribution is 5.64. The highest BCUT2D eigenvalue weighted by Gasteiger charge is 2.27. The van der Waals surface area contributed by atoms with Crippen LogP contribution >= 0.6 is 0 Å². The lowest BCUT2D eigenvalue weighted by atomic mass is 10.1. The minimum atomic E-state index is -0.395. The summed E-state index contributed by atoms with van der Waals surface area (Å²) in [4.78, 5) is 12.8. The van der Waals surface area contributed by atoms with Gasteiger partial charge in [-0.2, -0.15) is 5.10 Å². The second-order valence-electron chi connectivity index (χ2n) is 6.83. The molecular weight excluding hydrogens is 320 g/mol. The Morgan fingerprint density at radius 1 is 1.40 bits per heavy atom. The molecule has 1 aromatic carbocycles. The van der Waals surface area contributed by atoms with E-state index in [4.69, 9.17) is 0 Å². The maximum absolute atomic E-state index is 10.8. The maximum Gasteiger partial charge on any atom is 0.269 e. The first kappa shape index (κ1) is 17.6. The molecular formula is C18H24N4O3. The van der Waals surface area contributed by atoms with E-state index < -0.39 is 4.92 Å². The van der Waals surface area contributed by atoms with Gasteiger partial charge in [0.25, 0.3) is 5.69 Å². The summed E-state index contributed by atoms with van der Waals surface area (Å²) in [6.07, 6.45) is 4.75. The topological polar surface area (TPSA) is 84.4 Å². The van der Waals surface area contributed by atoms with Crippen molar-refractivity contribution in [3.8, 4) is 11.3 Å². The molecule has 7 heteroatoms. The molecule has 7 nitrogen and oxygen atoms in total. The van der Waals surface area contributed by atoms with Gasteiger partial charge >= 0.3 is 0 Å². The molecule has 0 bridgehead atoms. The first-order valence-electron chi connectivity index (χ1n) is 8.63. The summed E-state index contributed by atoms with van der Waals surface area (Å²) in [5, 5.41) is 25.1. The summed E-state index contributed by atoms with van der Waals surface area (Å²) in [5.41, 5.74) is 2.93. The number of nitro groups is 1. The molecule has 134 valence electrons. The third-order valence-electron chi connectivity index (χ3n) is 4.74. The van der Waals surface area contributed by atoms with Crippen molar-refractivity contribution in [1.82, 2.24) is 14.7 Å². The summed E-state index contributed by atoms with van der Waals surface area (Å²) < 4.78 is 1.78. The number of likely N-dealkylation sites (tertiary alicyclic amines) is 1. The van der Waals surface area contributed by atoms with Gasteiger partial charge in [0.2, 0.25) is 0 Å². The summed E-state index contributed by atoms with van der Waals surface area (Å²) in [6.45, 7) is 3.63. The van der Waals surface area contributed by atoms with Gasteiger partial charge in [0.15, 0.2) is 0 Å². The summed E-state index contributed by atoms with van der Waals surface area (Å²) in [7, 11) is 1.88. The van der Waals surface area contributed by atoms with Crippen molar-refractivity contribution in [2.75, 3.05) is 6.54 Å². The van der Waals surface area contributed by atoms with Crippen LogP contribution in [-0.4, -0.2) is 43.4 Å². The molecule has 0 radical (unpaired) electrons. The van der Waals surface area contributed by atoms with Crippen LogP contribution in [0.15, 0.2) is 30.5 Å². The third kappa shape index (κ3) is 4.05. The molecule has 2 aromatic rings. The Morgan fingerprint density at radius 3 is 2.76 bits per heavy atom. The van der Waals surface area contributed by atoms with Gasteiger partial charge in [-0.05, 0) is 44.9 Å². The van der Waals surface area contributed by atoms with Gasteiger partial charge in [-0.1, -0.05) is 0 Å². The molecule has 0 amide bonds. The zero-order chi connectivity index (χ0) is 18.0. The van der Waals surface area contributed by atoms with Gasteiger partial charge < -0.3 is 5.11 Å². The fraction of sp³-hybridized carbons (Fsp3) is 0.500. The molecule has 2 heterocycles. The van der Waals surface area contributed by atoms with Gasteiger partial charge in [-0.15, -0.1) is 0 Å².